The van der Waals surface area contributed by atoms with Crippen LogP contribution in [0.4, 0.5) is 0 Å². The molecular formula is C18H19N. The van der Waals surface area contributed by atoms with Crippen LogP contribution in [0.5, 0.6) is 0 Å². The molecule has 0 spiro atoms. The van der Waals surface area contributed by atoms with Crippen LogP contribution in [0.25, 0.3) is 11.1 Å². The Hall–Kier alpha value is -2.28. The first-order valence-electron chi connectivity index (χ1n) is 6.47. The summed E-state index contributed by atoms with van der Waals surface area (Å²) >= 11 is 0. The van der Waals surface area contributed by atoms with E-state index in [0.717, 1.165) is 0 Å². The fourth-order valence-electron chi connectivity index (χ4n) is 1.94. The number of rotatable bonds is 1. The van der Waals surface area contributed by atoms with Crippen LogP contribution in [0.15, 0.2) is 73.1 Å². The van der Waals surface area contributed by atoms with Gasteiger partial charge >= 0.3 is 0 Å². The minimum atomic E-state index is 1.24. The standard InChI is InChI=1S/C10H9N.C8H10/c1-2-4-9(5-3-1)10-6-7-11-8-10;1-7-4-3-5-8(2)6-7/h1-8,11H;3-6H,1-2H3. The summed E-state index contributed by atoms with van der Waals surface area (Å²) in [6.45, 7) is 4.21. The Labute approximate surface area is 114 Å². The molecule has 0 bridgehead atoms. The molecule has 1 heterocycles. The van der Waals surface area contributed by atoms with Crippen LogP contribution >= 0.6 is 0 Å². The van der Waals surface area contributed by atoms with Crippen LogP contribution in [-0.4, -0.2) is 4.98 Å². The highest BCUT2D eigenvalue weighted by molar-refractivity contribution is 5.62. The van der Waals surface area contributed by atoms with Crippen molar-refractivity contribution in [2.75, 3.05) is 0 Å². The zero-order valence-corrected chi connectivity index (χ0v) is 11.4. The first-order valence-corrected chi connectivity index (χ1v) is 6.47. The second kappa shape index (κ2) is 6.60. The van der Waals surface area contributed by atoms with Gasteiger partial charge in [0.1, 0.15) is 0 Å². The lowest BCUT2D eigenvalue weighted by Gasteiger charge is -1.93. The van der Waals surface area contributed by atoms with E-state index in [9.17, 15) is 0 Å². The summed E-state index contributed by atoms with van der Waals surface area (Å²) in [5.74, 6) is 0. The van der Waals surface area contributed by atoms with E-state index >= 15 is 0 Å². The number of H-pyrrole nitrogens is 1. The molecule has 0 aliphatic carbocycles. The van der Waals surface area contributed by atoms with Crippen molar-refractivity contribution in [2.45, 2.75) is 13.8 Å². The maximum atomic E-state index is 3.03. The number of benzene rings is 2. The Kier molecular flexibility index (Phi) is 4.57. The second-order valence-corrected chi connectivity index (χ2v) is 4.62. The smallest absolute Gasteiger partial charge is 0.00841 e. The zero-order chi connectivity index (χ0) is 13.5. The van der Waals surface area contributed by atoms with Gasteiger partial charge in [0.25, 0.3) is 0 Å². The van der Waals surface area contributed by atoms with Crippen molar-refractivity contribution in [1.29, 1.82) is 0 Å². The van der Waals surface area contributed by atoms with Crippen molar-refractivity contribution >= 4 is 0 Å². The van der Waals surface area contributed by atoms with Gasteiger partial charge in [-0.1, -0.05) is 65.7 Å². The molecule has 2 aromatic carbocycles. The van der Waals surface area contributed by atoms with Gasteiger partial charge in [-0.2, -0.15) is 0 Å². The Balaban J connectivity index is 0.000000148. The average molecular weight is 249 g/mol. The molecule has 0 aliphatic rings. The largest absolute Gasteiger partial charge is 0.367 e. The van der Waals surface area contributed by atoms with Gasteiger partial charge in [-0.05, 0) is 31.0 Å². The number of hydrogen-bond acceptors (Lipinski definition) is 0. The summed E-state index contributed by atoms with van der Waals surface area (Å²) in [6.07, 6.45) is 3.93. The van der Waals surface area contributed by atoms with E-state index < -0.39 is 0 Å². The molecule has 0 saturated carbocycles. The summed E-state index contributed by atoms with van der Waals surface area (Å²) in [6, 6.07) is 20.8. The quantitative estimate of drug-likeness (QED) is 0.625. The Morgan fingerprint density at radius 1 is 0.684 bits per heavy atom. The number of hydrogen-bond donors (Lipinski definition) is 1. The average Bonchev–Trinajstić information content (AvgIpc) is 2.94. The maximum absolute atomic E-state index is 3.03. The lowest BCUT2D eigenvalue weighted by molar-refractivity contribution is 1.39. The summed E-state index contributed by atoms with van der Waals surface area (Å²) in [7, 11) is 0. The lowest BCUT2D eigenvalue weighted by atomic mass is 10.1. The van der Waals surface area contributed by atoms with Crippen LogP contribution in [0.3, 0.4) is 0 Å². The fourth-order valence-corrected chi connectivity index (χ4v) is 1.94. The lowest BCUT2D eigenvalue weighted by Crippen LogP contribution is -1.71. The summed E-state index contributed by atoms with van der Waals surface area (Å²) in [4.78, 5) is 3.03. The number of nitrogens with one attached hydrogen (secondary N) is 1. The van der Waals surface area contributed by atoms with Crippen LogP contribution < -0.4 is 0 Å². The van der Waals surface area contributed by atoms with Gasteiger partial charge in [0.05, 0.1) is 0 Å². The van der Waals surface area contributed by atoms with Crippen molar-refractivity contribution < 1.29 is 0 Å². The van der Waals surface area contributed by atoms with Gasteiger partial charge in [-0.25, -0.2) is 0 Å². The van der Waals surface area contributed by atoms with Crippen LogP contribution in [-0.2, 0) is 0 Å². The first kappa shape index (κ1) is 13.2. The highest BCUT2D eigenvalue weighted by Gasteiger charge is 1.93. The van der Waals surface area contributed by atoms with Crippen LogP contribution in [0.1, 0.15) is 11.1 Å². The molecule has 1 N–H and O–H groups in total. The first-order chi connectivity index (χ1) is 9.25. The van der Waals surface area contributed by atoms with Gasteiger partial charge in [-0.15, -0.1) is 0 Å². The highest BCUT2D eigenvalue weighted by atomic mass is 14.6. The van der Waals surface area contributed by atoms with Crippen LogP contribution in [0.2, 0.25) is 0 Å². The van der Waals surface area contributed by atoms with Crippen molar-refractivity contribution in [2.24, 2.45) is 0 Å². The van der Waals surface area contributed by atoms with Crippen molar-refractivity contribution in [1.82, 2.24) is 4.98 Å². The molecule has 0 radical (unpaired) electrons. The summed E-state index contributed by atoms with van der Waals surface area (Å²) in [5.41, 5.74) is 5.18. The van der Waals surface area contributed by atoms with E-state index in [1.807, 2.05) is 30.6 Å². The molecule has 0 atom stereocenters. The van der Waals surface area contributed by atoms with Crippen molar-refractivity contribution in [3.63, 3.8) is 0 Å². The van der Waals surface area contributed by atoms with E-state index in [2.05, 4.69) is 61.3 Å². The Morgan fingerprint density at radius 2 is 1.37 bits per heavy atom. The van der Waals surface area contributed by atoms with E-state index in [4.69, 9.17) is 0 Å². The SMILES string of the molecule is Cc1cccc(C)c1.c1ccc(-c2cc[nH]c2)cc1. The van der Waals surface area contributed by atoms with Crippen LogP contribution in [0, 0.1) is 13.8 Å². The van der Waals surface area contributed by atoms with E-state index in [0.29, 0.717) is 0 Å². The van der Waals surface area contributed by atoms with Gasteiger partial charge < -0.3 is 4.98 Å². The van der Waals surface area contributed by atoms with E-state index in [1.165, 1.54) is 22.3 Å². The molecule has 0 fully saturated rings. The molecule has 1 aromatic heterocycles. The third-order valence-corrected chi connectivity index (χ3v) is 2.88. The van der Waals surface area contributed by atoms with Crippen molar-refractivity contribution in [3.05, 3.63) is 84.2 Å². The number of aromatic amines is 1. The Bertz CT molecular complexity index is 577. The predicted octanol–water partition coefficient (Wildman–Crippen LogP) is 4.99. The maximum Gasteiger partial charge on any atom is 0.00841 e. The minimum absolute atomic E-state index is 1.24. The number of aryl methyl sites for hydroxylation is 2. The number of aromatic nitrogens is 1. The minimum Gasteiger partial charge on any atom is -0.367 e. The molecule has 0 unspecified atom stereocenters. The molecule has 3 aromatic rings. The Morgan fingerprint density at radius 3 is 1.84 bits per heavy atom. The second-order valence-electron chi connectivity index (χ2n) is 4.62. The third-order valence-electron chi connectivity index (χ3n) is 2.88. The molecule has 3 rings (SSSR count). The van der Waals surface area contributed by atoms with Crippen molar-refractivity contribution in [3.8, 4) is 11.1 Å². The summed E-state index contributed by atoms with van der Waals surface area (Å²) in [5, 5.41) is 0. The monoisotopic (exact) mass is 249 g/mol. The third kappa shape index (κ3) is 4.14. The van der Waals surface area contributed by atoms with Gasteiger partial charge in [0.2, 0.25) is 0 Å². The van der Waals surface area contributed by atoms with E-state index in [-0.39, 0.29) is 0 Å². The van der Waals surface area contributed by atoms with Gasteiger partial charge in [0.15, 0.2) is 0 Å². The molecule has 0 amide bonds. The molecule has 1 nitrogen and oxygen atoms in total. The molecule has 1 heteroatoms. The van der Waals surface area contributed by atoms with Gasteiger partial charge in [-0.3, -0.25) is 0 Å². The molecular weight excluding hydrogens is 230 g/mol. The highest BCUT2D eigenvalue weighted by Crippen LogP contribution is 2.16. The van der Waals surface area contributed by atoms with Gasteiger partial charge in [0, 0.05) is 12.4 Å². The normalized spacial score (nSPS) is 9.58. The van der Waals surface area contributed by atoms with E-state index in [1.54, 1.807) is 0 Å². The summed E-state index contributed by atoms with van der Waals surface area (Å²) < 4.78 is 0. The zero-order valence-electron chi connectivity index (χ0n) is 11.4. The topological polar surface area (TPSA) is 15.8 Å². The molecule has 0 saturated heterocycles. The molecule has 96 valence electrons. The molecule has 19 heavy (non-hydrogen) atoms. The molecule has 0 aliphatic heterocycles. The predicted molar refractivity (Wildman–Crippen MR) is 82.1 cm³/mol. The fraction of sp³-hybridized carbons (Fsp3) is 0.111.